The molecular weight excluding hydrogens is 318 g/mol. The standard InChI is InChI=1S/C24H19NO/c26-23-24(18-20-12-5-2-6-13-20,21-15-7-8-16-22(21)25-23)17-9-14-19-10-3-1-4-11-19/h1-8,10-13,15-16H,17-18H2,(H,25,26)/t24-/m0/s1. The van der Waals surface area contributed by atoms with Gasteiger partial charge < -0.3 is 5.32 Å². The van der Waals surface area contributed by atoms with Crippen molar-refractivity contribution in [2.24, 2.45) is 0 Å². The van der Waals surface area contributed by atoms with Gasteiger partial charge in [-0.05, 0) is 35.7 Å². The molecule has 3 aromatic rings. The lowest BCUT2D eigenvalue weighted by Gasteiger charge is -2.25. The van der Waals surface area contributed by atoms with Crippen LogP contribution >= 0.6 is 0 Å². The number of hydrogen-bond donors (Lipinski definition) is 1. The van der Waals surface area contributed by atoms with E-state index in [1.54, 1.807) is 0 Å². The Balaban J connectivity index is 1.73. The summed E-state index contributed by atoms with van der Waals surface area (Å²) < 4.78 is 0. The number of fused-ring (bicyclic) bond motifs is 1. The van der Waals surface area contributed by atoms with E-state index in [1.165, 1.54) is 0 Å². The fourth-order valence-electron chi connectivity index (χ4n) is 3.55. The summed E-state index contributed by atoms with van der Waals surface area (Å²) in [5.74, 6) is 6.50. The monoisotopic (exact) mass is 337 g/mol. The zero-order chi connectivity index (χ0) is 17.8. The van der Waals surface area contributed by atoms with E-state index in [0.29, 0.717) is 12.8 Å². The molecule has 2 heteroatoms. The van der Waals surface area contributed by atoms with Crippen LogP contribution in [-0.4, -0.2) is 5.91 Å². The molecule has 0 aliphatic carbocycles. The lowest BCUT2D eigenvalue weighted by molar-refractivity contribution is -0.120. The first kappa shape index (κ1) is 16.2. The first-order chi connectivity index (χ1) is 12.8. The highest BCUT2D eigenvalue weighted by atomic mass is 16.2. The molecule has 0 bridgehead atoms. The molecule has 0 spiro atoms. The normalized spacial score (nSPS) is 17.8. The van der Waals surface area contributed by atoms with Crippen LogP contribution < -0.4 is 5.32 Å². The van der Waals surface area contributed by atoms with E-state index < -0.39 is 5.41 Å². The molecule has 1 amide bonds. The van der Waals surface area contributed by atoms with Crippen LogP contribution in [0.4, 0.5) is 5.69 Å². The summed E-state index contributed by atoms with van der Waals surface area (Å²) in [7, 11) is 0. The maximum absolute atomic E-state index is 13.0. The van der Waals surface area contributed by atoms with Crippen molar-refractivity contribution in [3.63, 3.8) is 0 Å². The van der Waals surface area contributed by atoms with Crippen molar-refractivity contribution in [1.82, 2.24) is 0 Å². The van der Waals surface area contributed by atoms with Crippen LogP contribution in [0.1, 0.15) is 23.1 Å². The third-order valence-corrected chi connectivity index (χ3v) is 4.87. The minimum absolute atomic E-state index is 0.0323. The summed E-state index contributed by atoms with van der Waals surface area (Å²) in [6.07, 6.45) is 1.12. The summed E-state index contributed by atoms with van der Waals surface area (Å²) in [5.41, 5.74) is 3.39. The average molecular weight is 337 g/mol. The Morgan fingerprint density at radius 2 is 1.46 bits per heavy atom. The van der Waals surface area contributed by atoms with Gasteiger partial charge in [0.1, 0.15) is 0 Å². The third-order valence-electron chi connectivity index (χ3n) is 4.87. The highest BCUT2D eigenvalue weighted by molar-refractivity contribution is 6.06. The molecule has 0 fully saturated rings. The largest absolute Gasteiger partial charge is 0.325 e. The quantitative estimate of drug-likeness (QED) is 0.698. The number of para-hydroxylation sites is 1. The molecular formula is C24H19NO. The van der Waals surface area contributed by atoms with Crippen molar-refractivity contribution in [2.45, 2.75) is 18.3 Å². The van der Waals surface area contributed by atoms with Gasteiger partial charge in [-0.15, -0.1) is 0 Å². The molecule has 26 heavy (non-hydrogen) atoms. The summed E-state index contributed by atoms with van der Waals surface area (Å²) in [6.45, 7) is 0. The van der Waals surface area contributed by atoms with E-state index in [2.05, 4.69) is 29.3 Å². The first-order valence-electron chi connectivity index (χ1n) is 8.77. The average Bonchev–Trinajstić information content (AvgIpc) is 2.95. The highest BCUT2D eigenvalue weighted by Gasteiger charge is 2.46. The molecule has 0 aromatic heterocycles. The smallest absolute Gasteiger partial charge is 0.236 e. The second-order valence-corrected chi connectivity index (χ2v) is 6.59. The number of hydrogen-bond acceptors (Lipinski definition) is 1. The van der Waals surface area contributed by atoms with Crippen molar-refractivity contribution < 1.29 is 4.79 Å². The summed E-state index contributed by atoms with van der Waals surface area (Å²) in [5, 5.41) is 3.05. The molecule has 1 N–H and O–H groups in total. The molecule has 0 saturated carbocycles. The van der Waals surface area contributed by atoms with Gasteiger partial charge in [0.15, 0.2) is 0 Å². The van der Waals surface area contributed by atoms with Crippen molar-refractivity contribution in [3.8, 4) is 11.8 Å². The van der Waals surface area contributed by atoms with E-state index in [9.17, 15) is 4.79 Å². The number of amides is 1. The number of carbonyl (C=O) groups excluding carboxylic acids is 1. The van der Waals surface area contributed by atoms with Crippen LogP contribution in [0.5, 0.6) is 0 Å². The van der Waals surface area contributed by atoms with Crippen molar-refractivity contribution in [2.75, 3.05) is 5.32 Å². The van der Waals surface area contributed by atoms with Gasteiger partial charge in [-0.2, -0.15) is 0 Å². The fourth-order valence-corrected chi connectivity index (χ4v) is 3.55. The van der Waals surface area contributed by atoms with Crippen molar-refractivity contribution >= 4 is 11.6 Å². The summed E-state index contributed by atoms with van der Waals surface area (Å²) >= 11 is 0. The second kappa shape index (κ2) is 6.90. The van der Waals surface area contributed by atoms with Gasteiger partial charge in [0.25, 0.3) is 0 Å². The molecule has 0 radical (unpaired) electrons. The molecule has 3 aromatic carbocycles. The van der Waals surface area contributed by atoms with E-state index in [-0.39, 0.29) is 5.91 Å². The predicted molar refractivity (Wildman–Crippen MR) is 105 cm³/mol. The maximum Gasteiger partial charge on any atom is 0.236 e. The zero-order valence-electron chi connectivity index (χ0n) is 14.4. The van der Waals surface area contributed by atoms with Gasteiger partial charge in [-0.3, -0.25) is 4.79 Å². The Morgan fingerprint density at radius 1 is 0.808 bits per heavy atom. The van der Waals surface area contributed by atoms with Gasteiger partial charge in [-0.1, -0.05) is 78.6 Å². The lowest BCUT2D eigenvalue weighted by Crippen LogP contribution is -2.36. The Hall–Kier alpha value is -3.31. The Labute approximate surface area is 153 Å². The van der Waals surface area contributed by atoms with E-state index >= 15 is 0 Å². The van der Waals surface area contributed by atoms with Gasteiger partial charge in [-0.25, -0.2) is 0 Å². The number of anilines is 1. The van der Waals surface area contributed by atoms with Gasteiger partial charge in [0.2, 0.25) is 5.91 Å². The second-order valence-electron chi connectivity index (χ2n) is 6.59. The van der Waals surface area contributed by atoms with Gasteiger partial charge >= 0.3 is 0 Å². The molecule has 2 nitrogen and oxygen atoms in total. The first-order valence-corrected chi connectivity index (χ1v) is 8.77. The highest BCUT2D eigenvalue weighted by Crippen LogP contribution is 2.42. The van der Waals surface area contributed by atoms with Crippen LogP contribution in [0, 0.1) is 11.8 Å². The van der Waals surface area contributed by atoms with Crippen molar-refractivity contribution in [1.29, 1.82) is 0 Å². The third kappa shape index (κ3) is 3.00. The van der Waals surface area contributed by atoms with E-state index in [0.717, 1.165) is 22.4 Å². The minimum Gasteiger partial charge on any atom is -0.325 e. The molecule has 1 aliphatic heterocycles. The molecule has 0 unspecified atom stereocenters. The Morgan fingerprint density at radius 3 is 2.23 bits per heavy atom. The summed E-state index contributed by atoms with van der Waals surface area (Å²) in [4.78, 5) is 13.0. The topological polar surface area (TPSA) is 29.1 Å². The van der Waals surface area contributed by atoms with Gasteiger partial charge in [0, 0.05) is 17.7 Å². The SMILES string of the molecule is O=C1Nc2ccccc2[C@]1(CC#Cc1ccccc1)Cc1ccccc1. The maximum atomic E-state index is 13.0. The number of carbonyl (C=O) groups is 1. The molecule has 1 heterocycles. The number of benzene rings is 3. The van der Waals surface area contributed by atoms with Crippen LogP contribution in [0.3, 0.4) is 0 Å². The molecule has 1 aliphatic rings. The lowest BCUT2D eigenvalue weighted by atomic mass is 9.74. The molecule has 126 valence electrons. The van der Waals surface area contributed by atoms with Gasteiger partial charge in [0.05, 0.1) is 5.41 Å². The van der Waals surface area contributed by atoms with E-state index in [1.807, 2.05) is 72.8 Å². The van der Waals surface area contributed by atoms with Crippen LogP contribution in [0.25, 0.3) is 0 Å². The Bertz CT molecular complexity index is 983. The number of nitrogens with one attached hydrogen (secondary N) is 1. The Kier molecular flexibility index (Phi) is 4.29. The number of rotatable bonds is 3. The van der Waals surface area contributed by atoms with Crippen molar-refractivity contribution in [3.05, 3.63) is 102 Å². The molecule has 0 saturated heterocycles. The predicted octanol–water partition coefficient (Wildman–Crippen LogP) is 4.56. The molecule has 4 rings (SSSR count). The van der Waals surface area contributed by atoms with E-state index in [4.69, 9.17) is 0 Å². The van der Waals surface area contributed by atoms with Crippen LogP contribution in [-0.2, 0) is 16.6 Å². The zero-order valence-corrected chi connectivity index (χ0v) is 14.4. The van der Waals surface area contributed by atoms with Crippen LogP contribution in [0.15, 0.2) is 84.9 Å². The van der Waals surface area contributed by atoms with Crippen LogP contribution in [0.2, 0.25) is 0 Å². The summed E-state index contributed by atoms with van der Waals surface area (Å²) in [6, 6.07) is 28.0. The molecule has 1 atom stereocenters. The minimum atomic E-state index is -0.653. The fraction of sp³-hybridized carbons (Fsp3) is 0.125.